The maximum atomic E-state index is 12.2. The van der Waals surface area contributed by atoms with Crippen LogP contribution in [0.5, 0.6) is 0 Å². The molecule has 0 fully saturated rings. The Morgan fingerprint density at radius 2 is 2.08 bits per heavy atom. The van der Waals surface area contributed by atoms with Crippen molar-refractivity contribution in [3.63, 3.8) is 0 Å². The van der Waals surface area contributed by atoms with Gasteiger partial charge in [0.1, 0.15) is 11.2 Å². The number of halogens is 3. The number of aromatic nitrogens is 4. The number of anilines is 2. The van der Waals surface area contributed by atoms with Crippen LogP contribution in [0.1, 0.15) is 5.69 Å². The molecule has 0 aliphatic carbocycles. The number of nitrogens with one attached hydrogen (secondary N) is 3. The van der Waals surface area contributed by atoms with E-state index in [9.17, 15) is 13.2 Å². The summed E-state index contributed by atoms with van der Waals surface area (Å²) in [6.07, 6.45) is -2.60. The number of pyridine rings is 1. The summed E-state index contributed by atoms with van der Waals surface area (Å²) in [5.74, 6) is 0.562. The molecule has 1 aromatic carbocycles. The maximum Gasteiger partial charge on any atom is 0.401 e. The van der Waals surface area contributed by atoms with Crippen LogP contribution in [-0.2, 0) is 6.54 Å². The Morgan fingerprint density at radius 3 is 2.92 bits per heavy atom. The maximum absolute atomic E-state index is 12.2. The molecule has 0 unspecified atom stereocenters. The van der Waals surface area contributed by atoms with Gasteiger partial charge in [-0.15, -0.1) is 0 Å². The van der Waals surface area contributed by atoms with Gasteiger partial charge in [-0.05, 0) is 24.3 Å². The molecule has 26 heavy (non-hydrogen) atoms. The van der Waals surface area contributed by atoms with Gasteiger partial charge in [-0.2, -0.15) is 18.3 Å². The molecule has 0 saturated heterocycles. The van der Waals surface area contributed by atoms with Crippen LogP contribution in [0.2, 0.25) is 0 Å². The number of rotatable bonds is 5. The van der Waals surface area contributed by atoms with Crippen LogP contribution in [0.3, 0.4) is 0 Å². The fourth-order valence-corrected chi connectivity index (χ4v) is 2.59. The largest absolute Gasteiger partial charge is 0.401 e. The topological polar surface area (TPSA) is 91.7 Å². The van der Waals surface area contributed by atoms with Gasteiger partial charge in [-0.1, -0.05) is 5.16 Å². The zero-order chi connectivity index (χ0) is 18.1. The summed E-state index contributed by atoms with van der Waals surface area (Å²) in [4.78, 5) is 4.27. The lowest BCUT2D eigenvalue weighted by molar-refractivity contribution is -0.125. The van der Waals surface area contributed by atoms with E-state index >= 15 is 0 Å². The Balaban J connectivity index is 1.53. The summed E-state index contributed by atoms with van der Waals surface area (Å²) in [7, 11) is 0. The van der Waals surface area contributed by atoms with Crippen molar-refractivity contribution in [3.05, 3.63) is 42.2 Å². The molecule has 3 N–H and O–H groups in total. The second kappa shape index (κ2) is 6.30. The Morgan fingerprint density at radius 1 is 1.19 bits per heavy atom. The lowest BCUT2D eigenvalue weighted by atomic mass is 10.2. The molecule has 4 aromatic rings. The van der Waals surface area contributed by atoms with Crippen molar-refractivity contribution in [1.29, 1.82) is 0 Å². The zero-order valence-electron chi connectivity index (χ0n) is 13.3. The fourth-order valence-electron chi connectivity index (χ4n) is 2.59. The molecule has 10 heteroatoms. The molecular formula is C16H13F3N6O. The number of alkyl halides is 3. The van der Waals surface area contributed by atoms with Gasteiger partial charge in [-0.25, -0.2) is 0 Å². The van der Waals surface area contributed by atoms with Gasteiger partial charge < -0.3 is 15.2 Å². The number of H-pyrrole nitrogens is 1. The van der Waals surface area contributed by atoms with Crippen molar-refractivity contribution < 1.29 is 17.7 Å². The van der Waals surface area contributed by atoms with Crippen LogP contribution in [-0.4, -0.2) is 33.1 Å². The minimum atomic E-state index is -4.27. The van der Waals surface area contributed by atoms with Crippen LogP contribution in [0.25, 0.3) is 22.0 Å². The average molecular weight is 362 g/mol. The highest BCUT2D eigenvalue weighted by molar-refractivity contribution is 5.89. The third-order valence-corrected chi connectivity index (χ3v) is 3.75. The molecule has 0 spiro atoms. The van der Waals surface area contributed by atoms with Crippen molar-refractivity contribution in [1.82, 2.24) is 25.7 Å². The number of nitrogens with zero attached hydrogens (tertiary/aromatic N) is 3. The summed E-state index contributed by atoms with van der Waals surface area (Å²) < 4.78 is 41.9. The highest BCUT2D eigenvalue weighted by atomic mass is 19.4. The monoisotopic (exact) mass is 362 g/mol. The molecule has 3 aromatic heterocycles. The van der Waals surface area contributed by atoms with Gasteiger partial charge in [0.15, 0.2) is 11.4 Å². The van der Waals surface area contributed by atoms with Gasteiger partial charge in [0.05, 0.1) is 12.1 Å². The number of aromatic amines is 1. The number of fused-ring (bicyclic) bond motifs is 2. The molecule has 0 amide bonds. The van der Waals surface area contributed by atoms with Crippen LogP contribution < -0.4 is 10.6 Å². The molecule has 4 rings (SSSR count). The van der Waals surface area contributed by atoms with E-state index in [-0.39, 0.29) is 6.54 Å². The molecule has 0 bridgehead atoms. The molecule has 0 saturated carbocycles. The van der Waals surface area contributed by atoms with Gasteiger partial charge in [0, 0.05) is 29.9 Å². The van der Waals surface area contributed by atoms with E-state index < -0.39 is 12.7 Å². The smallest absolute Gasteiger partial charge is 0.356 e. The van der Waals surface area contributed by atoms with Gasteiger partial charge >= 0.3 is 6.18 Å². The highest BCUT2D eigenvalue weighted by Crippen LogP contribution is 2.26. The Hall–Kier alpha value is -3.14. The average Bonchev–Trinajstić information content (AvgIpc) is 3.19. The van der Waals surface area contributed by atoms with Gasteiger partial charge in [0.2, 0.25) is 0 Å². The van der Waals surface area contributed by atoms with E-state index in [2.05, 4.69) is 31.0 Å². The lowest BCUT2D eigenvalue weighted by Gasteiger charge is -2.06. The van der Waals surface area contributed by atoms with Crippen LogP contribution in [0.15, 0.2) is 41.1 Å². The normalized spacial score (nSPS) is 12.1. The minimum absolute atomic E-state index is 0.0345. The second-order valence-electron chi connectivity index (χ2n) is 5.66. The summed E-state index contributed by atoms with van der Waals surface area (Å²) in [5, 5.41) is 17.0. The molecule has 0 aliphatic rings. The van der Waals surface area contributed by atoms with Crippen molar-refractivity contribution >= 4 is 33.5 Å². The first-order chi connectivity index (χ1) is 12.5. The molecule has 3 heterocycles. The molecular weight excluding hydrogens is 349 g/mol. The van der Waals surface area contributed by atoms with Crippen molar-refractivity contribution in [2.45, 2.75) is 12.7 Å². The number of hydrogen-bond acceptors (Lipinski definition) is 6. The van der Waals surface area contributed by atoms with E-state index in [1.165, 1.54) is 0 Å². The minimum Gasteiger partial charge on any atom is -0.356 e. The molecule has 134 valence electrons. The van der Waals surface area contributed by atoms with E-state index in [0.29, 0.717) is 33.7 Å². The second-order valence-corrected chi connectivity index (χ2v) is 5.66. The molecule has 0 atom stereocenters. The van der Waals surface area contributed by atoms with E-state index in [0.717, 1.165) is 5.52 Å². The number of benzene rings is 1. The van der Waals surface area contributed by atoms with Crippen molar-refractivity contribution in [3.8, 4) is 0 Å². The zero-order valence-corrected chi connectivity index (χ0v) is 13.3. The predicted octanol–water partition coefficient (Wildman–Crippen LogP) is 3.49. The van der Waals surface area contributed by atoms with Gasteiger partial charge in [-0.3, -0.25) is 10.1 Å². The van der Waals surface area contributed by atoms with Crippen molar-refractivity contribution in [2.24, 2.45) is 0 Å². The molecule has 0 aliphatic heterocycles. The Labute approximate surface area is 144 Å². The first-order valence-electron chi connectivity index (χ1n) is 7.71. The third kappa shape index (κ3) is 3.31. The lowest BCUT2D eigenvalue weighted by Crippen LogP contribution is -2.28. The van der Waals surface area contributed by atoms with Crippen LogP contribution >= 0.6 is 0 Å². The SMILES string of the molecule is FC(F)(F)CNCc1noc2cc(Nc3n[nH]c4cccnc34)ccc12. The van der Waals surface area contributed by atoms with E-state index in [1.807, 2.05) is 6.07 Å². The van der Waals surface area contributed by atoms with E-state index in [4.69, 9.17) is 4.52 Å². The molecule has 7 nitrogen and oxygen atoms in total. The standard InChI is InChI=1S/C16H13F3N6O/c17-16(18,19)8-20-7-12-10-4-3-9(6-13(10)26-25-12)22-15-14-11(23-24-15)2-1-5-21-14/h1-6,20H,7-8H2,(H2,22,23,24). The van der Waals surface area contributed by atoms with E-state index in [1.54, 1.807) is 30.5 Å². The Bertz CT molecular complexity index is 1050. The summed E-state index contributed by atoms with van der Waals surface area (Å²) >= 11 is 0. The first kappa shape index (κ1) is 16.3. The van der Waals surface area contributed by atoms with Gasteiger partial charge in [0.25, 0.3) is 0 Å². The summed E-state index contributed by atoms with van der Waals surface area (Å²) in [6, 6.07) is 8.88. The summed E-state index contributed by atoms with van der Waals surface area (Å²) in [5.41, 5.74) is 3.08. The first-order valence-corrected chi connectivity index (χ1v) is 7.71. The molecule has 0 radical (unpaired) electrons. The predicted molar refractivity (Wildman–Crippen MR) is 88.9 cm³/mol. The quantitative estimate of drug-likeness (QED) is 0.503. The summed E-state index contributed by atoms with van der Waals surface area (Å²) in [6.45, 7) is -1.12. The van der Waals surface area contributed by atoms with Crippen LogP contribution in [0.4, 0.5) is 24.7 Å². The van der Waals surface area contributed by atoms with Crippen molar-refractivity contribution in [2.75, 3.05) is 11.9 Å². The van der Waals surface area contributed by atoms with Crippen LogP contribution in [0, 0.1) is 0 Å². The Kier molecular flexibility index (Phi) is 3.96. The third-order valence-electron chi connectivity index (χ3n) is 3.75. The highest BCUT2D eigenvalue weighted by Gasteiger charge is 2.26. The fraction of sp³-hybridized carbons (Fsp3) is 0.188. The number of hydrogen-bond donors (Lipinski definition) is 3.